The second-order valence-electron chi connectivity index (χ2n) is 9.02. The molecule has 1 saturated carbocycles. The Morgan fingerprint density at radius 2 is 1.64 bits per heavy atom. The average Bonchev–Trinajstić information content (AvgIpc) is 3.49. The number of hydrogen-bond donors (Lipinski definition) is 2. The molecule has 1 atom stereocenters. The molecular formula is C28H31N3O5. The number of carbonyl (C=O) groups excluding carboxylic acids is 3. The van der Waals surface area contributed by atoms with Crippen LogP contribution in [0.15, 0.2) is 60.8 Å². The number of aromatic nitrogens is 2. The van der Waals surface area contributed by atoms with E-state index in [1.807, 2.05) is 30.3 Å². The Labute approximate surface area is 210 Å². The van der Waals surface area contributed by atoms with Crippen molar-refractivity contribution in [1.29, 1.82) is 0 Å². The molecule has 0 saturated heterocycles. The number of nitrogens with one attached hydrogen (secondary N) is 2. The summed E-state index contributed by atoms with van der Waals surface area (Å²) in [6.07, 6.45) is 3.74. The molecule has 8 nitrogen and oxygen atoms in total. The Morgan fingerprint density at radius 1 is 0.972 bits per heavy atom. The van der Waals surface area contributed by atoms with Crippen LogP contribution in [-0.2, 0) is 20.7 Å². The highest BCUT2D eigenvalue weighted by molar-refractivity contribution is 6.04. The van der Waals surface area contributed by atoms with Gasteiger partial charge in [-0.05, 0) is 56.2 Å². The van der Waals surface area contributed by atoms with Crippen LogP contribution in [0.3, 0.4) is 0 Å². The van der Waals surface area contributed by atoms with Gasteiger partial charge in [0.15, 0.2) is 5.69 Å². The van der Waals surface area contributed by atoms with Gasteiger partial charge in [-0.1, -0.05) is 54.6 Å². The van der Waals surface area contributed by atoms with Crippen LogP contribution in [0.25, 0.3) is 11.1 Å². The summed E-state index contributed by atoms with van der Waals surface area (Å²) in [7, 11) is 0. The molecule has 8 heteroatoms. The first-order chi connectivity index (χ1) is 17.5. The standard InChI is InChI=1S/C28H31N3O5/c1-3-35-26(33)24-23(18-29-31-24)25(32)30-22(17-28(14-15-28)27(34)36-4-2)16-19-10-12-21(13-11-19)20-8-6-5-7-9-20/h5-13,18,22H,3-4,14-17H2,1-2H3,(H,29,31)(H,30,32)/t22-/m1/s1. The first-order valence-electron chi connectivity index (χ1n) is 12.3. The number of benzene rings is 2. The lowest BCUT2D eigenvalue weighted by Crippen LogP contribution is -2.40. The van der Waals surface area contributed by atoms with E-state index >= 15 is 0 Å². The fourth-order valence-electron chi connectivity index (χ4n) is 4.40. The highest BCUT2D eigenvalue weighted by Gasteiger charge is 2.52. The van der Waals surface area contributed by atoms with Crippen molar-refractivity contribution >= 4 is 17.8 Å². The van der Waals surface area contributed by atoms with Gasteiger partial charge >= 0.3 is 11.9 Å². The van der Waals surface area contributed by atoms with Crippen molar-refractivity contribution in [3.63, 3.8) is 0 Å². The van der Waals surface area contributed by atoms with Crippen molar-refractivity contribution in [2.24, 2.45) is 5.41 Å². The lowest BCUT2D eigenvalue weighted by molar-refractivity contribution is -0.150. The SMILES string of the molecule is CCOC(=O)c1[nH]ncc1C(=O)N[C@H](Cc1ccc(-c2ccccc2)cc1)CC1(C(=O)OCC)CC1. The molecular weight excluding hydrogens is 458 g/mol. The smallest absolute Gasteiger partial charge is 0.357 e. The van der Waals surface area contributed by atoms with Crippen molar-refractivity contribution in [3.8, 4) is 11.1 Å². The second kappa shape index (κ2) is 11.2. The third-order valence-corrected chi connectivity index (χ3v) is 6.44. The molecule has 1 aromatic heterocycles. The molecule has 2 aromatic carbocycles. The van der Waals surface area contributed by atoms with E-state index in [2.05, 4.69) is 39.8 Å². The predicted octanol–water partition coefficient (Wildman–Crippen LogP) is 4.33. The van der Waals surface area contributed by atoms with Crippen LogP contribution in [0.1, 0.15) is 59.5 Å². The van der Waals surface area contributed by atoms with E-state index in [9.17, 15) is 14.4 Å². The summed E-state index contributed by atoms with van der Waals surface area (Å²) in [5, 5.41) is 9.44. The maximum Gasteiger partial charge on any atom is 0.357 e. The summed E-state index contributed by atoms with van der Waals surface area (Å²) in [4.78, 5) is 38.0. The fourth-order valence-corrected chi connectivity index (χ4v) is 4.40. The number of carbonyl (C=O) groups is 3. The molecule has 1 amide bonds. The second-order valence-corrected chi connectivity index (χ2v) is 9.02. The molecule has 2 N–H and O–H groups in total. The van der Waals surface area contributed by atoms with Crippen LogP contribution >= 0.6 is 0 Å². The number of hydrogen-bond acceptors (Lipinski definition) is 6. The number of ether oxygens (including phenoxy) is 2. The first kappa shape index (κ1) is 25.2. The molecule has 188 valence electrons. The van der Waals surface area contributed by atoms with Crippen molar-refractivity contribution in [1.82, 2.24) is 15.5 Å². The zero-order valence-corrected chi connectivity index (χ0v) is 20.6. The number of aromatic amines is 1. The molecule has 1 aliphatic carbocycles. The van der Waals surface area contributed by atoms with Gasteiger partial charge in [-0.25, -0.2) is 4.79 Å². The van der Waals surface area contributed by atoms with Crippen LogP contribution in [0.4, 0.5) is 0 Å². The van der Waals surface area contributed by atoms with Gasteiger partial charge in [-0.15, -0.1) is 0 Å². The van der Waals surface area contributed by atoms with Gasteiger partial charge in [0.05, 0.1) is 30.4 Å². The van der Waals surface area contributed by atoms with E-state index in [-0.39, 0.29) is 29.9 Å². The quantitative estimate of drug-likeness (QED) is 0.388. The lowest BCUT2D eigenvalue weighted by atomic mass is 9.91. The zero-order valence-electron chi connectivity index (χ0n) is 20.6. The third-order valence-electron chi connectivity index (χ3n) is 6.44. The van der Waals surface area contributed by atoms with Gasteiger partial charge in [0, 0.05) is 6.04 Å². The van der Waals surface area contributed by atoms with Crippen molar-refractivity contribution in [2.75, 3.05) is 13.2 Å². The van der Waals surface area contributed by atoms with Gasteiger partial charge in [0.1, 0.15) is 0 Å². The topological polar surface area (TPSA) is 110 Å². The van der Waals surface area contributed by atoms with Gasteiger partial charge < -0.3 is 14.8 Å². The van der Waals surface area contributed by atoms with Crippen LogP contribution in [0.5, 0.6) is 0 Å². The monoisotopic (exact) mass is 489 g/mol. The summed E-state index contributed by atoms with van der Waals surface area (Å²) < 4.78 is 10.3. The minimum absolute atomic E-state index is 0.00634. The first-order valence-corrected chi connectivity index (χ1v) is 12.3. The average molecular weight is 490 g/mol. The Hall–Kier alpha value is -3.94. The molecule has 0 radical (unpaired) electrons. The van der Waals surface area contributed by atoms with Gasteiger partial charge in [-0.3, -0.25) is 14.7 Å². The van der Waals surface area contributed by atoms with Crippen LogP contribution < -0.4 is 5.32 Å². The minimum Gasteiger partial charge on any atom is -0.466 e. The van der Waals surface area contributed by atoms with E-state index in [4.69, 9.17) is 9.47 Å². The van der Waals surface area contributed by atoms with E-state index in [1.165, 1.54) is 6.20 Å². The van der Waals surface area contributed by atoms with Gasteiger partial charge in [0.25, 0.3) is 5.91 Å². The lowest BCUT2D eigenvalue weighted by Gasteiger charge is -2.23. The number of amides is 1. The summed E-state index contributed by atoms with van der Waals surface area (Å²) in [5.41, 5.74) is 2.78. The summed E-state index contributed by atoms with van der Waals surface area (Å²) in [6.45, 7) is 3.98. The molecule has 0 bridgehead atoms. The van der Waals surface area contributed by atoms with Crippen molar-refractivity contribution in [2.45, 2.75) is 45.6 Å². The molecule has 4 rings (SSSR count). The number of nitrogens with zero attached hydrogens (tertiary/aromatic N) is 1. The molecule has 1 fully saturated rings. The Kier molecular flexibility index (Phi) is 7.83. The van der Waals surface area contributed by atoms with Crippen LogP contribution in [0, 0.1) is 5.41 Å². The Balaban J connectivity index is 1.53. The molecule has 3 aromatic rings. The number of H-pyrrole nitrogens is 1. The molecule has 36 heavy (non-hydrogen) atoms. The van der Waals surface area contributed by atoms with Crippen molar-refractivity contribution in [3.05, 3.63) is 77.6 Å². The summed E-state index contributed by atoms with van der Waals surface area (Å²) in [6, 6.07) is 17.9. The van der Waals surface area contributed by atoms with E-state index in [0.717, 1.165) is 29.5 Å². The molecule has 0 unspecified atom stereocenters. The fraction of sp³-hybridized carbons (Fsp3) is 0.357. The third kappa shape index (κ3) is 5.82. The van der Waals surface area contributed by atoms with E-state index < -0.39 is 17.3 Å². The highest BCUT2D eigenvalue weighted by atomic mass is 16.5. The molecule has 0 spiro atoms. The van der Waals surface area contributed by atoms with Crippen LogP contribution in [0.2, 0.25) is 0 Å². The van der Waals surface area contributed by atoms with Crippen molar-refractivity contribution < 1.29 is 23.9 Å². The highest BCUT2D eigenvalue weighted by Crippen LogP contribution is 2.51. The largest absolute Gasteiger partial charge is 0.466 e. The van der Waals surface area contributed by atoms with Crippen LogP contribution in [-0.4, -0.2) is 47.3 Å². The number of esters is 2. The van der Waals surface area contributed by atoms with E-state index in [1.54, 1.807) is 13.8 Å². The molecule has 1 aliphatic rings. The maximum atomic E-state index is 13.2. The molecule has 1 heterocycles. The number of rotatable bonds is 11. The zero-order chi connectivity index (χ0) is 25.5. The van der Waals surface area contributed by atoms with E-state index in [0.29, 0.717) is 19.4 Å². The van der Waals surface area contributed by atoms with Gasteiger partial charge in [0.2, 0.25) is 0 Å². The maximum absolute atomic E-state index is 13.2. The normalized spacial score (nSPS) is 14.5. The Morgan fingerprint density at radius 3 is 2.28 bits per heavy atom. The summed E-state index contributed by atoms with van der Waals surface area (Å²) in [5.74, 6) is -1.31. The Bertz CT molecular complexity index is 1200. The minimum atomic E-state index is -0.640. The predicted molar refractivity (Wildman–Crippen MR) is 134 cm³/mol. The summed E-state index contributed by atoms with van der Waals surface area (Å²) >= 11 is 0. The van der Waals surface area contributed by atoms with Gasteiger partial charge in [-0.2, -0.15) is 5.10 Å². The molecule has 0 aliphatic heterocycles.